The molecular formula is C15H18F3NO4. The largest absolute Gasteiger partial charge is 0.471 e. The van der Waals surface area contributed by atoms with E-state index in [9.17, 15) is 23.1 Å². The Kier molecular flexibility index (Phi) is 5.61. The lowest BCUT2D eigenvalue weighted by Gasteiger charge is -2.39. The Hall–Kier alpha value is -1.64. The van der Waals surface area contributed by atoms with E-state index >= 15 is 0 Å². The van der Waals surface area contributed by atoms with Crippen LogP contribution in [0.3, 0.4) is 0 Å². The van der Waals surface area contributed by atoms with E-state index in [4.69, 9.17) is 9.47 Å². The lowest BCUT2D eigenvalue weighted by molar-refractivity contribution is -0.219. The number of halogens is 3. The van der Waals surface area contributed by atoms with Crippen LogP contribution in [0.2, 0.25) is 0 Å². The van der Waals surface area contributed by atoms with Gasteiger partial charge in [-0.25, -0.2) is 0 Å². The molecule has 1 aromatic carbocycles. The molecule has 2 rings (SSSR count). The molecule has 0 spiro atoms. The summed E-state index contributed by atoms with van der Waals surface area (Å²) in [6.45, 7) is 1.73. The number of aliphatic hydroxyl groups excluding tert-OH is 1. The minimum atomic E-state index is -4.99. The van der Waals surface area contributed by atoms with Crippen LogP contribution in [0.25, 0.3) is 0 Å². The van der Waals surface area contributed by atoms with Crippen molar-refractivity contribution in [1.82, 2.24) is 5.32 Å². The maximum Gasteiger partial charge on any atom is 0.471 e. The molecule has 23 heavy (non-hydrogen) atoms. The van der Waals surface area contributed by atoms with E-state index < -0.39 is 36.6 Å². The zero-order chi connectivity index (χ0) is 17.0. The Balaban J connectivity index is 2.04. The number of aliphatic hydroxyl groups is 1. The molecule has 5 nitrogen and oxygen atoms in total. The third-order valence-corrected chi connectivity index (χ3v) is 3.55. The first-order chi connectivity index (χ1) is 10.8. The van der Waals surface area contributed by atoms with Crippen molar-refractivity contribution in [3.05, 3.63) is 35.9 Å². The van der Waals surface area contributed by atoms with Gasteiger partial charge in [0.25, 0.3) is 0 Å². The Morgan fingerprint density at radius 3 is 2.65 bits per heavy atom. The van der Waals surface area contributed by atoms with Crippen LogP contribution in [0, 0.1) is 0 Å². The maximum absolute atomic E-state index is 12.4. The monoisotopic (exact) mass is 333 g/mol. The molecule has 1 aliphatic heterocycles. The van der Waals surface area contributed by atoms with E-state index in [2.05, 4.69) is 0 Å². The first-order valence-corrected chi connectivity index (χ1v) is 7.14. The number of carbonyl (C=O) groups excluding carboxylic acids is 1. The van der Waals surface area contributed by atoms with Crippen LogP contribution < -0.4 is 5.32 Å². The third kappa shape index (κ3) is 4.92. The molecule has 0 aromatic heterocycles. The summed E-state index contributed by atoms with van der Waals surface area (Å²) in [5.41, 5.74) is 0.840. The van der Waals surface area contributed by atoms with Gasteiger partial charge in [-0.1, -0.05) is 30.3 Å². The smallest absolute Gasteiger partial charge is 0.369 e. The molecule has 0 bridgehead atoms. The molecule has 1 fully saturated rings. The van der Waals surface area contributed by atoms with E-state index in [1.54, 1.807) is 6.92 Å². The van der Waals surface area contributed by atoms with Crippen molar-refractivity contribution in [2.75, 3.05) is 0 Å². The molecule has 0 aliphatic carbocycles. The molecule has 128 valence electrons. The van der Waals surface area contributed by atoms with Crippen LogP contribution in [0.1, 0.15) is 18.9 Å². The van der Waals surface area contributed by atoms with E-state index in [-0.39, 0.29) is 13.0 Å². The Morgan fingerprint density at radius 1 is 1.39 bits per heavy atom. The number of hydrogen-bond acceptors (Lipinski definition) is 4. The molecule has 1 unspecified atom stereocenters. The lowest BCUT2D eigenvalue weighted by Crippen LogP contribution is -2.57. The van der Waals surface area contributed by atoms with Gasteiger partial charge in [0.05, 0.1) is 18.8 Å². The van der Waals surface area contributed by atoms with Crippen LogP contribution in [0.5, 0.6) is 0 Å². The number of nitrogens with one attached hydrogen (secondary N) is 1. The quantitative estimate of drug-likeness (QED) is 0.881. The predicted octanol–water partition coefficient (Wildman–Crippen LogP) is 1.75. The van der Waals surface area contributed by atoms with E-state index in [1.807, 2.05) is 35.6 Å². The van der Waals surface area contributed by atoms with Gasteiger partial charge in [0.15, 0.2) is 6.29 Å². The Bertz CT molecular complexity index is 523. The highest BCUT2D eigenvalue weighted by Crippen LogP contribution is 2.24. The highest BCUT2D eigenvalue weighted by atomic mass is 19.4. The maximum atomic E-state index is 12.4. The Labute approximate surface area is 131 Å². The van der Waals surface area contributed by atoms with Gasteiger partial charge in [0.1, 0.15) is 6.10 Å². The van der Waals surface area contributed by atoms with Gasteiger partial charge in [-0.05, 0) is 12.5 Å². The second kappa shape index (κ2) is 7.29. The zero-order valence-corrected chi connectivity index (χ0v) is 12.4. The van der Waals surface area contributed by atoms with Crippen LogP contribution >= 0.6 is 0 Å². The first kappa shape index (κ1) is 17.7. The van der Waals surface area contributed by atoms with Gasteiger partial charge >= 0.3 is 12.1 Å². The first-order valence-electron chi connectivity index (χ1n) is 7.14. The molecule has 1 heterocycles. The number of ether oxygens (including phenoxy) is 2. The van der Waals surface area contributed by atoms with Crippen molar-refractivity contribution < 1.29 is 32.5 Å². The highest BCUT2D eigenvalue weighted by molar-refractivity contribution is 5.82. The van der Waals surface area contributed by atoms with E-state index in [1.165, 1.54) is 0 Å². The van der Waals surface area contributed by atoms with Gasteiger partial charge in [-0.15, -0.1) is 0 Å². The van der Waals surface area contributed by atoms with Crippen LogP contribution in [-0.2, 0) is 20.9 Å². The molecule has 0 saturated carbocycles. The second-order valence-corrected chi connectivity index (χ2v) is 5.37. The summed E-state index contributed by atoms with van der Waals surface area (Å²) in [6.07, 6.45) is -7.88. The molecule has 0 radical (unpaired) electrons. The molecule has 1 aromatic rings. The summed E-state index contributed by atoms with van der Waals surface area (Å²) in [6, 6.07) is 8.09. The summed E-state index contributed by atoms with van der Waals surface area (Å²) >= 11 is 0. The minimum absolute atomic E-state index is 0.160. The summed E-state index contributed by atoms with van der Waals surface area (Å²) in [4.78, 5) is 11.2. The summed E-state index contributed by atoms with van der Waals surface area (Å²) in [5, 5.41) is 11.4. The average molecular weight is 333 g/mol. The number of rotatable bonds is 4. The summed E-state index contributed by atoms with van der Waals surface area (Å²) in [5.74, 6) is -2.06. The summed E-state index contributed by atoms with van der Waals surface area (Å²) in [7, 11) is 0. The number of alkyl halides is 3. The van der Waals surface area contributed by atoms with Crippen molar-refractivity contribution in [2.45, 2.75) is 50.7 Å². The fourth-order valence-electron chi connectivity index (χ4n) is 2.47. The van der Waals surface area contributed by atoms with Crippen molar-refractivity contribution in [3.8, 4) is 0 Å². The number of carbonyl (C=O) groups is 1. The minimum Gasteiger partial charge on any atom is -0.369 e. The topological polar surface area (TPSA) is 67.8 Å². The Morgan fingerprint density at radius 2 is 2.04 bits per heavy atom. The van der Waals surface area contributed by atoms with Crippen molar-refractivity contribution in [2.24, 2.45) is 0 Å². The van der Waals surface area contributed by atoms with E-state index in [0.29, 0.717) is 0 Å². The molecule has 1 amide bonds. The van der Waals surface area contributed by atoms with Gasteiger partial charge in [0.2, 0.25) is 0 Å². The van der Waals surface area contributed by atoms with Gasteiger partial charge < -0.3 is 19.9 Å². The number of hydrogen-bond donors (Lipinski definition) is 2. The van der Waals surface area contributed by atoms with Gasteiger partial charge in [-0.2, -0.15) is 13.2 Å². The van der Waals surface area contributed by atoms with E-state index in [0.717, 1.165) is 5.56 Å². The third-order valence-electron chi connectivity index (χ3n) is 3.55. The normalized spacial score (nSPS) is 28.4. The number of amides is 1. The molecule has 1 saturated heterocycles. The second-order valence-electron chi connectivity index (χ2n) is 5.37. The molecular weight excluding hydrogens is 315 g/mol. The lowest BCUT2D eigenvalue weighted by atomic mass is 9.99. The molecule has 1 aliphatic rings. The van der Waals surface area contributed by atoms with Crippen LogP contribution in [-0.4, -0.2) is 41.7 Å². The van der Waals surface area contributed by atoms with Crippen LogP contribution in [0.15, 0.2) is 30.3 Å². The average Bonchev–Trinajstić information content (AvgIpc) is 2.46. The summed E-state index contributed by atoms with van der Waals surface area (Å²) < 4.78 is 48.1. The molecule has 2 N–H and O–H groups in total. The van der Waals surface area contributed by atoms with Crippen molar-refractivity contribution >= 4 is 5.91 Å². The standard InChI is InChI=1S/C15H18F3NO4/c1-9-13(22-8-10-5-3-2-4-6-10)11(7-12(20)23-9)19-14(21)15(16,17)18/h2-6,9,11-13,20H,7-8H2,1H3,(H,19,21)/t9?,11-,12-,13-/m1/s1. The zero-order valence-electron chi connectivity index (χ0n) is 12.4. The highest BCUT2D eigenvalue weighted by Gasteiger charge is 2.44. The van der Waals surface area contributed by atoms with Gasteiger partial charge in [0, 0.05) is 6.42 Å². The van der Waals surface area contributed by atoms with Crippen molar-refractivity contribution in [1.29, 1.82) is 0 Å². The fourth-order valence-corrected chi connectivity index (χ4v) is 2.47. The van der Waals surface area contributed by atoms with Gasteiger partial charge in [-0.3, -0.25) is 4.79 Å². The SMILES string of the molecule is CC1O[C@@H](O)C[C@@H](NC(=O)C(F)(F)F)[C@@H]1OCc1ccccc1. The molecule has 8 heteroatoms. The predicted molar refractivity (Wildman–Crippen MR) is 74.2 cm³/mol. The number of benzene rings is 1. The fraction of sp³-hybridized carbons (Fsp3) is 0.533. The molecule has 4 atom stereocenters. The van der Waals surface area contributed by atoms with Crippen LogP contribution in [0.4, 0.5) is 13.2 Å². The van der Waals surface area contributed by atoms with Crippen molar-refractivity contribution in [3.63, 3.8) is 0 Å².